The molecule has 0 saturated carbocycles. The molecule has 2 aliphatic heterocycles. The van der Waals surface area contributed by atoms with E-state index in [0.29, 0.717) is 18.5 Å². The molecule has 1 saturated heterocycles. The van der Waals surface area contributed by atoms with Crippen LogP contribution in [0.2, 0.25) is 0 Å². The molecule has 3 rings (SSSR count). The minimum atomic E-state index is -0.104. The molecule has 114 valence electrons. The van der Waals surface area contributed by atoms with E-state index in [1.165, 1.54) is 10.5 Å². The Balaban J connectivity index is 0.00000176. The number of allylic oxidation sites excluding steroid dienone is 1. The lowest BCUT2D eigenvalue weighted by molar-refractivity contribution is -0.803. The zero-order valence-corrected chi connectivity index (χ0v) is 12.8. The number of rotatable bonds is 4. The summed E-state index contributed by atoms with van der Waals surface area (Å²) in [6, 6.07) is 8.19. The van der Waals surface area contributed by atoms with Gasteiger partial charge in [-0.3, -0.25) is 14.5 Å². The number of halogens is 1. The van der Waals surface area contributed by atoms with Crippen molar-refractivity contribution in [1.82, 2.24) is 4.90 Å². The Morgan fingerprint density at radius 2 is 1.77 bits per heavy atom. The lowest BCUT2D eigenvalue weighted by Gasteiger charge is -2.11. The van der Waals surface area contributed by atoms with Gasteiger partial charge < -0.3 is 12.4 Å². The van der Waals surface area contributed by atoms with Crippen LogP contribution in [0.4, 0.5) is 0 Å². The van der Waals surface area contributed by atoms with Gasteiger partial charge in [-0.15, -0.1) is 0 Å². The third kappa shape index (κ3) is 3.18. The molecular formula is C17H17ClN2O2. The second kappa shape index (κ2) is 6.73. The van der Waals surface area contributed by atoms with Gasteiger partial charge in [-0.25, -0.2) is 4.90 Å². The highest BCUT2D eigenvalue weighted by molar-refractivity contribution is 6.04. The van der Waals surface area contributed by atoms with E-state index < -0.39 is 0 Å². The second-order valence-corrected chi connectivity index (χ2v) is 5.22. The van der Waals surface area contributed by atoms with Crippen molar-refractivity contribution >= 4 is 17.9 Å². The number of benzene rings is 1. The molecule has 2 amide bonds. The predicted molar refractivity (Wildman–Crippen MR) is 79.5 cm³/mol. The molecule has 1 aromatic rings. The van der Waals surface area contributed by atoms with E-state index in [1.54, 1.807) is 0 Å². The molecule has 1 unspecified atom stereocenters. The van der Waals surface area contributed by atoms with Gasteiger partial charge in [0.2, 0.25) is 11.8 Å². The van der Waals surface area contributed by atoms with Crippen LogP contribution in [-0.2, 0) is 16.1 Å². The Morgan fingerprint density at radius 3 is 2.36 bits per heavy atom. The quantitative estimate of drug-likeness (QED) is 0.669. The van der Waals surface area contributed by atoms with Crippen LogP contribution < -0.4 is 17.3 Å². The highest BCUT2D eigenvalue weighted by Gasteiger charge is 2.33. The highest BCUT2D eigenvalue weighted by Crippen LogP contribution is 2.19. The van der Waals surface area contributed by atoms with Crippen molar-refractivity contribution < 1.29 is 26.9 Å². The molecule has 0 spiro atoms. The Morgan fingerprint density at radius 1 is 1.14 bits per heavy atom. The van der Waals surface area contributed by atoms with Crippen molar-refractivity contribution in [2.24, 2.45) is 0 Å². The third-order valence-electron chi connectivity index (χ3n) is 3.73. The summed E-state index contributed by atoms with van der Waals surface area (Å²) in [5.74, 6) is -0.208. The van der Waals surface area contributed by atoms with Gasteiger partial charge in [0.15, 0.2) is 0 Å². The molecule has 0 radical (unpaired) electrons. The van der Waals surface area contributed by atoms with Crippen LogP contribution in [0.25, 0.3) is 6.08 Å². The fourth-order valence-corrected chi connectivity index (χ4v) is 2.60. The average Bonchev–Trinajstić information content (AvgIpc) is 3.06. The van der Waals surface area contributed by atoms with Crippen molar-refractivity contribution in [2.75, 3.05) is 0 Å². The van der Waals surface area contributed by atoms with Crippen LogP contribution in [-0.4, -0.2) is 16.7 Å². The second-order valence-electron chi connectivity index (χ2n) is 5.22. The van der Waals surface area contributed by atoms with Crippen molar-refractivity contribution in [3.05, 3.63) is 66.1 Å². The third-order valence-corrected chi connectivity index (χ3v) is 3.73. The van der Waals surface area contributed by atoms with Crippen molar-refractivity contribution in [3.8, 4) is 0 Å². The fourth-order valence-electron chi connectivity index (χ4n) is 2.60. The zero-order valence-electron chi connectivity index (χ0n) is 12.1. The first kappa shape index (κ1) is 16.2. The first-order valence-electron chi connectivity index (χ1n) is 7.00. The number of likely N-dealkylation sites (tertiary alicyclic amines) is 1. The lowest BCUT2D eigenvalue weighted by Crippen LogP contribution is -3.00. The molecule has 22 heavy (non-hydrogen) atoms. The Labute approximate surface area is 135 Å². The minimum absolute atomic E-state index is 0. The Hall–Kier alpha value is -2.17. The molecule has 0 aliphatic carbocycles. The zero-order chi connectivity index (χ0) is 14.8. The summed E-state index contributed by atoms with van der Waals surface area (Å²) in [6.45, 7) is 4.52. The molecular weight excluding hydrogens is 300 g/mol. The summed E-state index contributed by atoms with van der Waals surface area (Å²) < 4.78 is 0. The van der Waals surface area contributed by atoms with E-state index in [9.17, 15) is 9.59 Å². The van der Waals surface area contributed by atoms with Gasteiger partial charge in [0.05, 0.1) is 0 Å². The van der Waals surface area contributed by atoms with Crippen LogP contribution in [0.1, 0.15) is 24.0 Å². The van der Waals surface area contributed by atoms with Gasteiger partial charge in [0, 0.05) is 24.5 Å². The Bertz CT molecular complexity index is 646. The summed E-state index contributed by atoms with van der Waals surface area (Å²) in [4.78, 5) is 25.8. The number of imide groups is 1. The number of carbonyl (C=O) groups excluding carboxylic acids is 2. The topological polar surface area (TPSA) is 41.8 Å². The molecule has 0 aromatic heterocycles. The van der Waals surface area contributed by atoms with Crippen LogP contribution in [0, 0.1) is 0 Å². The normalized spacial score (nSPS) is 20.1. The standard InChI is InChI=1S/C17H16N2O2.ClH/c1-2-13-3-5-14(6-4-13)11-18-10-9-15(12-18)19-16(20)7-8-17(19)21;/h2-6,9-10,12H,1,7-8,11H2;1H. The molecule has 4 nitrogen and oxygen atoms in total. The molecule has 1 aromatic carbocycles. The average molecular weight is 317 g/mol. The number of hydrogen-bond donors (Lipinski definition) is 1. The van der Waals surface area contributed by atoms with Gasteiger partial charge in [0.1, 0.15) is 24.6 Å². The van der Waals surface area contributed by atoms with Gasteiger partial charge in [-0.2, -0.15) is 0 Å². The first-order valence-corrected chi connectivity index (χ1v) is 7.00. The van der Waals surface area contributed by atoms with Gasteiger partial charge in [0.25, 0.3) is 0 Å². The summed E-state index contributed by atoms with van der Waals surface area (Å²) in [5.41, 5.74) is 2.98. The van der Waals surface area contributed by atoms with E-state index in [4.69, 9.17) is 0 Å². The number of nitrogens with zero attached hydrogens (tertiary/aromatic N) is 1. The minimum Gasteiger partial charge on any atom is -1.00 e. The predicted octanol–water partition coefficient (Wildman–Crippen LogP) is -1.76. The van der Waals surface area contributed by atoms with E-state index >= 15 is 0 Å². The van der Waals surface area contributed by atoms with Crippen molar-refractivity contribution in [2.45, 2.75) is 19.4 Å². The van der Waals surface area contributed by atoms with Gasteiger partial charge in [-0.1, -0.05) is 36.9 Å². The first-order chi connectivity index (χ1) is 10.2. The van der Waals surface area contributed by atoms with Crippen LogP contribution in [0.5, 0.6) is 0 Å². The molecule has 1 atom stereocenters. The largest absolute Gasteiger partial charge is 1.00 e. The van der Waals surface area contributed by atoms with E-state index in [2.05, 4.69) is 18.7 Å². The molecule has 2 aliphatic rings. The number of quaternary nitrogens is 1. The molecule has 0 bridgehead atoms. The lowest BCUT2D eigenvalue weighted by atomic mass is 10.1. The fraction of sp³-hybridized carbons (Fsp3) is 0.176. The highest BCUT2D eigenvalue weighted by atomic mass is 35.5. The maximum absolute atomic E-state index is 11.7. The number of hydrogen-bond acceptors (Lipinski definition) is 2. The summed E-state index contributed by atoms with van der Waals surface area (Å²) in [6.07, 6.45) is 8.19. The molecule has 1 N–H and O–H groups in total. The maximum atomic E-state index is 11.7. The van der Waals surface area contributed by atoms with Crippen LogP contribution in [0.15, 0.2) is 55.0 Å². The van der Waals surface area contributed by atoms with Crippen molar-refractivity contribution in [1.29, 1.82) is 0 Å². The molecule has 5 heteroatoms. The summed E-state index contributed by atoms with van der Waals surface area (Å²) in [5, 5.41) is 0. The van der Waals surface area contributed by atoms with Crippen molar-refractivity contribution in [3.63, 3.8) is 0 Å². The smallest absolute Gasteiger partial charge is 0.234 e. The summed E-state index contributed by atoms with van der Waals surface area (Å²) in [7, 11) is 0. The van der Waals surface area contributed by atoms with Gasteiger partial charge >= 0.3 is 0 Å². The summed E-state index contributed by atoms with van der Waals surface area (Å²) >= 11 is 0. The maximum Gasteiger partial charge on any atom is 0.234 e. The van der Waals surface area contributed by atoms with Crippen LogP contribution >= 0.6 is 0 Å². The molecule has 1 fully saturated rings. The number of carbonyl (C=O) groups is 2. The number of amides is 2. The monoisotopic (exact) mass is 316 g/mol. The van der Waals surface area contributed by atoms with E-state index in [-0.39, 0.29) is 24.2 Å². The SMILES string of the molecule is C=Cc1ccc(C[NH+]2C=CC(N3C(=O)CCC3=O)=C2)cc1.[Cl-]. The van der Waals surface area contributed by atoms with E-state index in [0.717, 1.165) is 17.0 Å². The molecule has 2 heterocycles. The van der Waals surface area contributed by atoms with E-state index in [1.807, 2.05) is 36.7 Å². The number of nitrogens with one attached hydrogen (secondary N) is 1. The Kier molecular flexibility index (Phi) is 4.96. The van der Waals surface area contributed by atoms with Gasteiger partial charge in [-0.05, 0) is 5.56 Å². The van der Waals surface area contributed by atoms with Crippen LogP contribution in [0.3, 0.4) is 0 Å².